The summed E-state index contributed by atoms with van der Waals surface area (Å²) in [4.78, 5) is 12.0. The van der Waals surface area contributed by atoms with Gasteiger partial charge in [0, 0.05) is 0 Å². The summed E-state index contributed by atoms with van der Waals surface area (Å²) in [6.07, 6.45) is -0.468. The summed E-state index contributed by atoms with van der Waals surface area (Å²) >= 11 is 0. The van der Waals surface area contributed by atoms with Gasteiger partial charge in [0.05, 0.1) is 6.07 Å². The first kappa shape index (κ1) is 14.1. The van der Waals surface area contributed by atoms with Gasteiger partial charge in [0.15, 0.2) is 0 Å². The van der Waals surface area contributed by atoms with Crippen molar-refractivity contribution in [3.8, 4) is 6.07 Å². The van der Waals surface area contributed by atoms with Gasteiger partial charge >= 0.3 is 6.09 Å². The van der Waals surface area contributed by atoms with Crippen molar-refractivity contribution in [3.63, 3.8) is 0 Å². The molecule has 0 aliphatic carbocycles. The number of nitrogens with zero attached hydrogens (tertiary/aromatic N) is 2. The highest BCUT2D eigenvalue weighted by molar-refractivity contribution is 5.70. The van der Waals surface area contributed by atoms with Crippen LogP contribution in [-0.4, -0.2) is 17.7 Å². The monoisotopic (exact) mass is 293 g/mol. The second kappa shape index (κ2) is 6.29. The van der Waals surface area contributed by atoms with E-state index >= 15 is 0 Å². The molecule has 3 rings (SSSR count). The Hall–Kier alpha value is -2.84. The van der Waals surface area contributed by atoms with Crippen LogP contribution in [0.2, 0.25) is 0 Å². The Balaban J connectivity index is 1.82. The van der Waals surface area contributed by atoms with Crippen molar-refractivity contribution in [2.45, 2.75) is 12.1 Å². The summed E-state index contributed by atoms with van der Waals surface area (Å²) in [7, 11) is 0. The Kier molecular flexibility index (Phi) is 4.03. The summed E-state index contributed by atoms with van der Waals surface area (Å²) in [6, 6.07) is 20.2. The van der Waals surface area contributed by atoms with E-state index in [0.717, 1.165) is 11.1 Å². The van der Waals surface area contributed by atoms with Gasteiger partial charge in [-0.25, -0.2) is 15.2 Å². The van der Waals surface area contributed by atoms with Crippen LogP contribution in [0.25, 0.3) is 0 Å². The molecule has 1 aliphatic rings. The molecule has 1 fully saturated rings. The largest absolute Gasteiger partial charge is 0.446 e. The predicted molar refractivity (Wildman–Crippen MR) is 80.3 cm³/mol. The van der Waals surface area contributed by atoms with Gasteiger partial charge in [-0.1, -0.05) is 60.7 Å². The number of carbonyl (C=O) groups excluding carboxylic acids is 1. The van der Waals surface area contributed by atoms with E-state index in [0.29, 0.717) is 0 Å². The van der Waals surface area contributed by atoms with E-state index in [1.165, 1.54) is 5.01 Å². The van der Waals surface area contributed by atoms with Crippen LogP contribution < -0.4 is 5.43 Å². The first-order chi connectivity index (χ1) is 10.8. The quantitative estimate of drug-likeness (QED) is 0.941. The number of hydrazine groups is 1. The van der Waals surface area contributed by atoms with E-state index in [9.17, 15) is 10.1 Å². The minimum atomic E-state index is -0.613. The molecule has 5 heteroatoms. The third-order valence-corrected chi connectivity index (χ3v) is 3.59. The van der Waals surface area contributed by atoms with E-state index in [1.807, 2.05) is 60.7 Å². The molecule has 5 nitrogen and oxygen atoms in total. The Labute approximate surface area is 128 Å². The smallest absolute Gasteiger partial charge is 0.425 e. The normalized spacial score (nSPS) is 18.6. The van der Waals surface area contributed by atoms with Gasteiger partial charge in [0.1, 0.15) is 18.7 Å². The van der Waals surface area contributed by atoms with Gasteiger partial charge in [-0.15, -0.1) is 0 Å². The second-order valence-electron chi connectivity index (χ2n) is 4.98. The van der Waals surface area contributed by atoms with Gasteiger partial charge in [-0.2, -0.15) is 5.26 Å². The third-order valence-electron chi connectivity index (χ3n) is 3.59. The standard InChI is InChI=1S/C17H15N3O2/c18-11-15(13-7-3-1-4-8-13)19-20-16(12-22-17(20)21)14-9-5-2-6-10-14/h1-10,15-16,19H,12H2/t15-,16+/m0/s1. The maximum atomic E-state index is 12.0. The van der Waals surface area contributed by atoms with Crippen LogP contribution in [-0.2, 0) is 4.74 Å². The summed E-state index contributed by atoms with van der Waals surface area (Å²) in [5, 5.41) is 10.8. The Morgan fingerprint density at radius 1 is 1.14 bits per heavy atom. The van der Waals surface area contributed by atoms with E-state index < -0.39 is 12.1 Å². The average Bonchev–Trinajstić information content (AvgIpc) is 2.95. The minimum Gasteiger partial charge on any atom is -0.446 e. The highest BCUT2D eigenvalue weighted by atomic mass is 16.6. The van der Waals surface area contributed by atoms with Crippen molar-refractivity contribution in [3.05, 3.63) is 71.8 Å². The zero-order chi connectivity index (χ0) is 15.4. The minimum absolute atomic E-state index is 0.242. The molecule has 0 spiro atoms. The number of cyclic esters (lactones) is 1. The Morgan fingerprint density at radius 2 is 1.77 bits per heavy atom. The number of amides is 1. The van der Waals surface area contributed by atoms with Crippen LogP contribution in [0.5, 0.6) is 0 Å². The number of ether oxygens (including phenoxy) is 1. The lowest BCUT2D eigenvalue weighted by molar-refractivity contribution is 0.136. The highest BCUT2D eigenvalue weighted by Gasteiger charge is 2.35. The topological polar surface area (TPSA) is 65.4 Å². The fourth-order valence-electron chi connectivity index (χ4n) is 2.45. The predicted octanol–water partition coefficient (Wildman–Crippen LogP) is 2.95. The molecule has 0 saturated carbocycles. The molecule has 2 aromatic rings. The van der Waals surface area contributed by atoms with Crippen LogP contribution in [0, 0.1) is 11.3 Å². The van der Waals surface area contributed by atoms with Crippen molar-refractivity contribution in [2.24, 2.45) is 0 Å². The Morgan fingerprint density at radius 3 is 2.41 bits per heavy atom. The Bertz CT molecular complexity index is 682. The molecule has 110 valence electrons. The van der Waals surface area contributed by atoms with Crippen LogP contribution in [0.15, 0.2) is 60.7 Å². The SMILES string of the molecule is N#C[C@H](NN1C(=O)OC[C@@H]1c1ccccc1)c1ccccc1. The number of nitriles is 1. The summed E-state index contributed by atoms with van der Waals surface area (Å²) in [5.74, 6) is 0. The van der Waals surface area contributed by atoms with Gasteiger partial charge in [0.2, 0.25) is 0 Å². The lowest BCUT2D eigenvalue weighted by atomic mass is 10.1. The fraction of sp³-hybridized carbons (Fsp3) is 0.176. The number of benzene rings is 2. The molecular weight excluding hydrogens is 278 g/mol. The van der Waals surface area contributed by atoms with Crippen LogP contribution in [0.3, 0.4) is 0 Å². The zero-order valence-corrected chi connectivity index (χ0v) is 11.8. The molecule has 1 amide bonds. The number of nitrogens with one attached hydrogen (secondary N) is 1. The maximum Gasteiger partial charge on any atom is 0.425 e. The fourth-order valence-corrected chi connectivity index (χ4v) is 2.45. The van der Waals surface area contributed by atoms with Gasteiger partial charge in [-0.05, 0) is 11.1 Å². The molecule has 22 heavy (non-hydrogen) atoms. The van der Waals surface area contributed by atoms with Crippen molar-refractivity contribution < 1.29 is 9.53 Å². The molecule has 0 unspecified atom stereocenters. The zero-order valence-electron chi connectivity index (χ0n) is 11.8. The van der Waals surface area contributed by atoms with Gasteiger partial charge in [-0.3, -0.25) is 0 Å². The van der Waals surface area contributed by atoms with Crippen LogP contribution in [0.4, 0.5) is 4.79 Å². The summed E-state index contributed by atoms with van der Waals surface area (Å²) in [6.45, 7) is 0.267. The van der Waals surface area contributed by atoms with Gasteiger partial charge < -0.3 is 4.74 Å². The highest BCUT2D eigenvalue weighted by Crippen LogP contribution is 2.27. The molecule has 1 aliphatic heterocycles. The molecule has 1 N–H and O–H groups in total. The third kappa shape index (κ3) is 2.78. The molecule has 2 atom stereocenters. The number of carbonyl (C=O) groups is 1. The van der Waals surface area contributed by atoms with E-state index in [4.69, 9.17) is 4.74 Å². The molecule has 0 radical (unpaired) electrons. The van der Waals surface area contributed by atoms with E-state index in [-0.39, 0.29) is 12.6 Å². The second-order valence-corrected chi connectivity index (χ2v) is 4.98. The maximum absolute atomic E-state index is 12.0. The van der Waals surface area contributed by atoms with E-state index in [1.54, 1.807) is 0 Å². The number of rotatable bonds is 4. The van der Waals surface area contributed by atoms with Crippen molar-refractivity contribution in [2.75, 3.05) is 6.61 Å². The van der Waals surface area contributed by atoms with Crippen molar-refractivity contribution >= 4 is 6.09 Å². The number of hydrogen-bond donors (Lipinski definition) is 1. The summed E-state index contributed by atoms with van der Waals surface area (Å²) in [5.41, 5.74) is 4.74. The van der Waals surface area contributed by atoms with Crippen LogP contribution >= 0.6 is 0 Å². The summed E-state index contributed by atoms with van der Waals surface area (Å²) < 4.78 is 5.13. The molecule has 0 bridgehead atoms. The molecule has 1 heterocycles. The molecular formula is C17H15N3O2. The van der Waals surface area contributed by atoms with Crippen LogP contribution in [0.1, 0.15) is 23.2 Å². The average molecular weight is 293 g/mol. The molecule has 2 aromatic carbocycles. The first-order valence-corrected chi connectivity index (χ1v) is 7.01. The lowest BCUT2D eigenvalue weighted by Gasteiger charge is -2.25. The van der Waals surface area contributed by atoms with Crippen molar-refractivity contribution in [1.29, 1.82) is 5.26 Å². The first-order valence-electron chi connectivity index (χ1n) is 7.01. The lowest BCUT2D eigenvalue weighted by Crippen LogP contribution is -2.42. The molecule has 0 aromatic heterocycles. The van der Waals surface area contributed by atoms with Gasteiger partial charge in [0.25, 0.3) is 0 Å². The van der Waals surface area contributed by atoms with E-state index in [2.05, 4.69) is 11.5 Å². The molecule has 1 saturated heterocycles. The van der Waals surface area contributed by atoms with Crippen molar-refractivity contribution in [1.82, 2.24) is 10.4 Å². The number of hydrogen-bond acceptors (Lipinski definition) is 4.